The molecule has 0 fully saturated rings. The maximum absolute atomic E-state index is 12.4. The molecule has 0 bridgehead atoms. The highest BCUT2D eigenvalue weighted by Gasteiger charge is 2.09. The van der Waals surface area contributed by atoms with Crippen molar-refractivity contribution in [1.82, 2.24) is 5.43 Å². The molecule has 4 aromatic rings. The summed E-state index contributed by atoms with van der Waals surface area (Å²) >= 11 is 5.95. The monoisotopic (exact) mass is 439 g/mol. The molecule has 0 aromatic heterocycles. The van der Waals surface area contributed by atoms with Gasteiger partial charge in [0.15, 0.2) is 0 Å². The number of amides is 1. The number of ether oxygens (including phenoxy) is 1. The highest BCUT2D eigenvalue weighted by atomic mass is 35.5. The van der Waals surface area contributed by atoms with Crippen molar-refractivity contribution in [2.75, 3.05) is 0 Å². The zero-order valence-corrected chi connectivity index (χ0v) is 17.7. The van der Waals surface area contributed by atoms with Crippen LogP contribution in [0, 0.1) is 11.3 Å². The molecule has 156 valence electrons. The molecule has 1 amide bonds. The second kappa shape index (κ2) is 9.78. The lowest BCUT2D eigenvalue weighted by molar-refractivity contribution is 0.0955. The van der Waals surface area contributed by atoms with E-state index in [1.54, 1.807) is 30.5 Å². The number of hydrogen-bond acceptors (Lipinski definition) is 4. The Labute approximate surface area is 190 Å². The Balaban J connectivity index is 1.56. The lowest BCUT2D eigenvalue weighted by Gasteiger charge is -2.12. The molecule has 4 rings (SSSR count). The number of hydrogen-bond donors (Lipinski definition) is 1. The van der Waals surface area contributed by atoms with E-state index in [1.165, 1.54) is 0 Å². The number of hydrazone groups is 1. The van der Waals surface area contributed by atoms with Crippen molar-refractivity contribution in [2.45, 2.75) is 6.61 Å². The third kappa shape index (κ3) is 4.94. The minimum atomic E-state index is -0.366. The van der Waals surface area contributed by atoms with E-state index in [-0.39, 0.29) is 5.91 Å². The highest BCUT2D eigenvalue weighted by molar-refractivity contribution is 6.30. The van der Waals surface area contributed by atoms with E-state index < -0.39 is 0 Å². The quantitative estimate of drug-likeness (QED) is 0.309. The minimum Gasteiger partial charge on any atom is -0.488 e. The van der Waals surface area contributed by atoms with Crippen LogP contribution in [0.3, 0.4) is 0 Å². The van der Waals surface area contributed by atoms with Gasteiger partial charge in [-0.15, -0.1) is 0 Å². The van der Waals surface area contributed by atoms with Crippen LogP contribution in [0.5, 0.6) is 5.75 Å². The topological polar surface area (TPSA) is 74.5 Å². The number of rotatable bonds is 6. The molecule has 6 heteroatoms. The van der Waals surface area contributed by atoms with E-state index in [0.29, 0.717) is 28.5 Å². The predicted molar refractivity (Wildman–Crippen MR) is 126 cm³/mol. The number of nitrogens with zero attached hydrogens (tertiary/aromatic N) is 2. The normalized spacial score (nSPS) is 10.8. The van der Waals surface area contributed by atoms with Gasteiger partial charge in [0, 0.05) is 16.1 Å². The van der Waals surface area contributed by atoms with Crippen molar-refractivity contribution in [1.29, 1.82) is 5.26 Å². The Morgan fingerprint density at radius 1 is 1.00 bits per heavy atom. The van der Waals surface area contributed by atoms with Crippen LogP contribution in [0.25, 0.3) is 10.8 Å². The van der Waals surface area contributed by atoms with Gasteiger partial charge in [-0.25, -0.2) is 5.43 Å². The Hall–Kier alpha value is -4.14. The van der Waals surface area contributed by atoms with Gasteiger partial charge in [0.05, 0.1) is 17.8 Å². The van der Waals surface area contributed by atoms with E-state index in [4.69, 9.17) is 21.6 Å². The van der Waals surface area contributed by atoms with Crippen molar-refractivity contribution >= 4 is 34.5 Å². The summed E-state index contributed by atoms with van der Waals surface area (Å²) in [6.45, 7) is 0.369. The average Bonchev–Trinajstić information content (AvgIpc) is 2.84. The second-order valence-corrected chi connectivity index (χ2v) is 7.44. The summed E-state index contributed by atoms with van der Waals surface area (Å²) in [6, 6.07) is 27.6. The molecule has 0 aliphatic rings. The summed E-state index contributed by atoms with van der Waals surface area (Å²) < 4.78 is 6.06. The van der Waals surface area contributed by atoms with Crippen LogP contribution in [0.2, 0.25) is 5.02 Å². The number of benzene rings is 4. The first kappa shape index (κ1) is 21.1. The zero-order valence-electron chi connectivity index (χ0n) is 17.0. The number of nitriles is 1. The Bertz CT molecular complexity index is 1320. The number of carbonyl (C=O) groups is 1. The van der Waals surface area contributed by atoms with E-state index in [1.807, 2.05) is 66.7 Å². The van der Waals surface area contributed by atoms with E-state index in [0.717, 1.165) is 21.9 Å². The van der Waals surface area contributed by atoms with Gasteiger partial charge in [0.1, 0.15) is 12.4 Å². The Morgan fingerprint density at radius 3 is 2.50 bits per heavy atom. The van der Waals surface area contributed by atoms with Crippen molar-refractivity contribution < 1.29 is 9.53 Å². The van der Waals surface area contributed by atoms with Crippen LogP contribution in [-0.4, -0.2) is 12.1 Å². The first-order valence-corrected chi connectivity index (χ1v) is 10.2. The van der Waals surface area contributed by atoms with Crippen molar-refractivity contribution in [3.05, 3.63) is 112 Å². The second-order valence-electron chi connectivity index (χ2n) is 7.00. The lowest BCUT2D eigenvalue weighted by Crippen LogP contribution is -2.17. The maximum atomic E-state index is 12.4. The Morgan fingerprint density at radius 2 is 1.75 bits per heavy atom. The predicted octanol–water partition coefficient (Wildman–Crippen LogP) is 5.71. The van der Waals surface area contributed by atoms with Gasteiger partial charge in [-0.2, -0.15) is 10.4 Å². The lowest BCUT2D eigenvalue weighted by atomic mass is 10.0. The Kier molecular flexibility index (Phi) is 6.45. The summed E-state index contributed by atoms with van der Waals surface area (Å²) in [7, 11) is 0. The minimum absolute atomic E-state index is 0.366. The number of nitrogens with one attached hydrogen (secondary N) is 1. The standard InChI is InChI=1S/C26H18ClN3O2/c27-22-12-7-19(8-13-22)17-32-25-14-11-20-3-1-2-4-23(20)24(25)16-29-30-26(31)21-9-5-18(15-28)6-10-21/h1-14,16H,17H2,(H,30,31)/b29-16+. The number of carbonyl (C=O) groups excluding carboxylic acids is 1. The first-order valence-electron chi connectivity index (χ1n) is 9.86. The summed E-state index contributed by atoms with van der Waals surface area (Å²) in [6.07, 6.45) is 1.58. The van der Waals surface area contributed by atoms with Crippen molar-refractivity contribution in [2.24, 2.45) is 5.10 Å². The van der Waals surface area contributed by atoms with Crippen molar-refractivity contribution in [3.63, 3.8) is 0 Å². The fourth-order valence-corrected chi connectivity index (χ4v) is 3.32. The van der Waals surface area contributed by atoms with Gasteiger partial charge in [0.25, 0.3) is 5.91 Å². The van der Waals surface area contributed by atoms with E-state index in [9.17, 15) is 4.79 Å². The summed E-state index contributed by atoms with van der Waals surface area (Å²) in [5.74, 6) is 0.282. The van der Waals surface area contributed by atoms with Gasteiger partial charge in [-0.3, -0.25) is 4.79 Å². The SMILES string of the molecule is N#Cc1ccc(C(=O)N/N=C/c2c(OCc3ccc(Cl)cc3)ccc3ccccc23)cc1. The fourth-order valence-electron chi connectivity index (χ4n) is 3.19. The summed E-state index contributed by atoms with van der Waals surface area (Å²) in [5, 5.41) is 15.7. The molecule has 0 spiro atoms. The number of fused-ring (bicyclic) bond motifs is 1. The molecule has 0 heterocycles. The van der Waals surface area contributed by atoms with Crippen LogP contribution in [-0.2, 0) is 6.61 Å². The van der Waals surface area contributed by atoms with Crippen LogP contribution >= 0.6 is 11.6 Å². The number of halogens is 1. The maximum Gasteiger partial charge on any atom is 0.271 e. The first-order chi connectivity index (χ1) is 15.6. The molecule has 0 saturated heterocycles. The van der Waals surface area contributed by atoms with Gasteiger partial charge < -0.3 is 4.74 Å². The van der Waals surface area contributed by atoms with Gasteiger partial charge >= 0.3 is 0 Å². The van der Waals surface area contributed by atoms with Crippen LogP contribution in [0.1, 0.15) is 27.0 Å². The molecule has 0 aliphatic carbocycles. The molecule has 0 atom stereocenters. The molecular formula is C26H18ClN3O2. The molecule has 5 nitrogen and oxygen atoms in total. The smallest absolute Gasteiger partial charge is 0.271 e. The molecule has 4 aromatic carbocycles. The highest BCUT2D eigenvalue weighted by Crippen LogP contribution is 2.27. The fraction of sp³-hybridized carbons (Fsp3) is 0.0385. The third-order valence-electron chi connectivity index (χ3n) is 4.87. The van der Waals surface area contributed by atoms with Crippen LogP contribution < -0.4 is 10.2 Å². The average molecular weight is 440 g/mol. The van der Waals surface area contributed by atoms with E-state index in [2.05, 4.69) is 10.5 Å². The largest absolute Gasteiger partial charge is 0.488 e. The molecule has 0 unspecified atom stereocenters. The molecule has 32 heavy (non-hydrogen) atoms. The molecule has 0 radical (unpaired) electrons. The van der Waals surface area contributed by atoms with Crippen molar-refractivity contribution in [3.8, 4) is 11.8 Å². The van der Waals surface area contributed by atoms with Gasteiger partial charge in [0.2, 0.25) is 0 Å². The van der Waals surface area contributed by atoms with E-state index >= 15 is 0 Å². The zero-order chi connectivity index (χ0) is 22.3. The molecule has 1 N–H and O–H groups in total. The van der Waals surface area contributed by atoms with Crippen LogP contribution in [0.4, 0.5) is 0 Å². The van der Waals surface area contributed by atoms with Crippen LogP contribution in [0.15, 0.2) is 90.0 Å². The summed E-state index contributed by atoms with van der Waals surface area (Å²) in [4.78, 5) is 12.4. The molecule has 0 saturated carbocycles. The third-order valence-corrected chi connectivity index (χ3v) is 5.13. The van der Waals surface area contributed by atoms with Gasteiger partial charge in [-0.1, -0.05) is 54.1 Å². The molecule has 0 aliphatic heterocycles. The molecular weight excluding hydrogens is 422 g/mol. The van der Waals surface area contributed by atoms with Gasteiger partial charge in [-0.05, 0) is 58.8 Å². The summed E-state index contributed by atoms with van der Waals surface area (Å²) in [5.41, 5.74) is 5.19.